The number of carbonyl (C=O) groups is 1. The van der Waals surface area contributed by atoms with Crippen molar-refractivity contribution < 1.29 is 9.53 Å². The predicted octanol–water partition coefficient (Wildman–Crippen LogP) is 1.79. The molecule has 2 heterocycles. The Hall–Kier alpha value is -0.280. The highest BCUT2D eigenvalue weighted by atomic mass is 35.5. The predicted molar refractivity (Wildman–Crippen MR) is 59.0 cm³/mol. The molecule has 0 aromatic rings. The van der Waals surface area contributed by atoms with Crippen LogP contribution < -0.4 is 0 Å². The van der Waals surface area contributed by atoms with Crippen molar-refractivity contribution in [2.24, 2.45) is 0 Å². The Kier molecular flexibility index (Phi) is 3.87. The van der Waals surface area contributed by atoms with E-state index in [0.717, 1.165) is 45.3 Å². The fourth-order valence-electron chi connectivity index (χ4n) is 2.41. The first-order valence-electron chi connectivity index (χ1n) is 5.81. The molecule has 2 saturated heterocycles. The molecule has 0 radical (unpaired) electrons. The van der Waals surface area contributed by atoms with E-state index in [2.05, 4.69) is 0 Å². The number of nitrogens with zero attached hydrogens (tertiary/aromatic N) is 1. The Balaban J connectivity index is 1.93. The number of hydrogen-bond donors (Lipinski definition) is 0. The monoisotopic (exact) mass is 231 g/mol. The van der Waals surface area contributed by atoms with Crippen LogP contribution in [0.4, 0.5) is 0 Å². The minimum absolute atomic E-state index is 0.165. The minimum Gasteiger partial charge on any atom is -0.368 e. The average molecular weight is 232 g/mol. The molecule has 1 amide bonds. The first-order chi connectivity index (χ1) is 7.33. The first-order valence-corrected chi connectivity index (χ1v) is 6.34. The SMILES string of the molecule is O=C(C1CCCCO1)N1CCCC1CCl. The standard InChI is InChI=1S/C11H18ClNO2/c12-8-9-4-3-6-13(9)11(14)10-5-1-2-7-15-10/h9-10H,1-8H2. The molecule has 0 aromatic carbocycles. The van der Waals surface area contributed by atoms with Crippen molar-refractivity contribution in [1.82, 2.24) is 4.90 Å². The molecule has 0 spiro atoms. The van der Waals surface area contributed by atoms with Crippen LogP contribution in [0.15, 0.2) is 0 Å². The summed E-state index contributed by atoms with van der Waals surface area (Å²) in [5.41, 5.74) is 0. The third kappa shape index (κ3) is 2.45. The van der Waals surface area contributed by atoms with E-state index in [1.807, 2.05) is 4.90 Å². The summed E-state index contributed by atoms with van der Waals surface area (Å²) in [6.45, 7) is 1.59. The zero-order valence-corrected chi connectivity index (χ0v) is 9.71. The van der Waals surface area contributed by atoms with E-state index in [1.165, 1.54) is 0 Å². The largest absolute Gasteiger partial charge is 0.368 e. The van der Waals surface area contributed by atoms with E-state index in [-0.39, 0.29) is 18.1 Å². The molecule has 2 atom stereocenters. The quantitative estimate of drug-likeness (QED) is 0.679. The van der Waals surface area contributed by atoms with E-state index in [0.29, 0.717) is 5.88 Å². The lowest BCUT2D eigenvalue weighted by molar-refractivity contribution is -0.146. The summed E-state index contributed by atoms with van der Waals surface area (Å²) < 4.78 is 5.51. The summed E-state index contributed by atoms with van der Waals surface area (Å²) in [6, 6.07) is 0.240. The Morgan fingerprint density at radius 2 is 2.20 bits per heavy atom. The van der Waals surface area contributed by atoms with Crippen LogP contribution in [0.2, 0.25) is 0 Å². The van der Waals surface area contributed by atoms with Crippen molar-refractivity contribution in [1.29, 1.82) is 0 Å². The zero-order chi connectivity index (χ0) is 10.7. The summed E-state index contributed by atoms with van der Waals surface area (Å²) in [5.74, 6) is 0.719. The maximum absolute atomic E-state index is 12.1. The van der Waals surface area contributed by atoms with Gasteiger partial charge in [0.25, 0.3) is 5.91 Å². The Morgan fingerprint density at radius 1 is 1.33 bits per heavy atom. The van der Waals surface area contributed by atoms with E-state index in [1.54, 1.807) is 0 Å². The summed E-state index contributed by atoms with van der Waals surface area (Å²) in [5, 5.41) is 0. The molecule has 0 N–H and O–H groups in total. The Bertz CT molecular complexity index is 229. The van der Waals surface area contributed by atoms with Gasteiger partial charge in [-0.2, -0.15) is 0 Å². The molecule has 3 nitrogen and oxygen atoms in total. The van der Waals surface area contributed by atoms with Crippen LogP contribution in [0.3, 0.4) is 0 Å². The van der Waals surface area contributed by atoms with Gasteiger partial charge >= 0.3 is 0 Å². The second-order valence-corrected chi connectivity index (χ2v) is 4.65. The molecule has 2 fully saturated rings. The van der Waals surface area contributed by atoms with Gasteiger partial charge < -0.3 is 9.64 Å². The van der Waals surface area contributed by atoms with Gasteiger partial charge in [0, 0.05) is 25.1 Å². The van der Waals surface area contributed by atoms with Crippen molar-refractivity contribution in [3.63, 3.8) is 0 Å². The number of amides is 1. The fraction of sp³-hybridized carbons (Fsp3) is 0.909. The first kappa shape index (κ1) is 11.2. The molecular formula is C11H18ClNO2. The average Bonchev–Trinajstić information content (AvgIpc) is 2.77. The van der Waals surface area contributed by atoms with Gasteiger partial charge in [-0.15, -0.1) is 11.6 Å². The van der Waals surface area contributed by atoms with Crippen LogP contribution in [0.5, 0.6) is 0 Å². The molecule has 2 rings (SSSR count). The molecule has 86 valence electrons. The van der Waals surface area contributed by atoms with Gasteiger partial charge in [0.05, 0.1) is 0 Å². The second kappa shape index (κ2) is 5.17. The smallest absolute Gasteiger partial charge is 0.251 e. The molecule has 2 aliphatic heterocycles. The molecule has 2 aliphatic rings. The summed E-state index contributed by atoms with van der Waals surface area (Å²) in [7, 11) is 0. The topological polar surface area (TPSA) is 29.5 Å². The third-order valence-corrected chi connectivity index (χ3v) is 3.65. The van der Waals surface area contributed by atoms with Gasteiger partial charge in [0.15, 0.2) is 0 Å². The number of halogens is 1. The lowest BCUT2D eigenvalue weighted by Gasteiger charge is -2.29. The van der Waals surface area contributed by atoms with E-state index >= 15 is 0 Å². The third-order valence-electron chi connectivity index (χ3n) is 3.29. The number of likely N-dealkylation sites (tertiary alicyclic amines) is 1. The Morgan fingerprint density at radius 3 is 2.87 bits per heavy atom. The minimum atomic E-state index is -0.192. The van der Waals surface area contributed by atoms with Crippen molar-refractivity contribution >= 4 is 17.5 Å². The highest BCUT2D eigenvalue weighted by molar-refractivity contribution is 6.18. The van der Waals surface area contributed by atoms with Gasteiger partial charge in [-0.3, -0.25) is 4.79 Å². The number of ether oxygens (including phenoxy) is 1. The molecule has 15 heavy (non-hydrogen) atoms. The van der Waals surface area contributed by atoms with Crippen LogP contribution >= 0.6 is 11.6 Å². The van der Waals surface area contributed by atoms with Gasteiger partial charge in [-0.25, -0.2) is 0 Å². The van der Waals surface area contributed by atoms with Crippen LogP contribution in [0.25, 0.3) is 0 Å². The summed E-state index contributed by atoms with van der Waals surface area (Å²) in [4.78, 5) is 14.0. The molecule has 0 aromatic heterocycles. The van der Waals surface area contributed by atoms with Crippen molar-refractivity contribution in [3.8, 4) is 0 Å². The Labute approximate surface area is 95.7 Å². The lowest BCUT2D eigenvalue weighted by atomic mass is 10.1. The normalized spacial score (nSPS) is 31.9. The molecule has 2 unspecified atom stereocenters. The van der Waals surface area contributed by atoms with Gasteiger partial charge in [-0.05, 0) is 32.1 Å². The van der Waals surface area contributed by atoms with Gasteiger partial charge in [-0.1, -0.05) is 0 Å². The van der Waals surface area contributed by atoms with Crippen molar-refractivity contribution in [2.45, 2.75) is 44.2 Å². The van der Waals surface area contributed by atoms with E-state index < -0.39 is 0 Å². The second-order valence-electron chi connectivity index (χ2n) is 4.34. The fourth-order valence-corrected chi connectivity index (χ4v) is 2.73. The maximum Gasteiger partial charge on any atom is 0.251 e. The highest BCUT2D eigenvalue weighted by Crippen LogP contribution is 2.23. The van der Waals surface area contributed by atoms with Gasteiger partial charge in [0.1, 0.15) is 6.10 Å². The van der Waals surface area contributed by atoms with Crippen molar-refractivity contribution in [3.05, 3.63) is 0 Å². The number of carbonyl (C=O) groups excluding carboxylic acids is 1. The van der Waals surface area contributed by atoms with E-state index in [4.69, 9.17) is 16.3 Å². The molecule has 0 aliphatic carbocycles. The maximum atomic E-state index is 12.1. The van der Waals surface area contributed by atoms with E-state index in [9.17, 15) is 4.79 Å². The molecule has 4 heteroatoms. The molecular weight excluding hydrogens is 214 g/mol. The zero-order valence-electron chi connectivity index (χ0n) is 8.95. The van der Waals surface area contributed by atoms with Crippen LogP contribution in [-0.4, -0.2) is 42.0 Å². The van der Waals surface area contributed by atoms with Crippen LogP contribution in [0, 0.1) is 0 Å². The van der Waals surface area contributed by atoms with Crippen LogP contribution in [0.1, 0.15) is 32.1 Å². The molecule has 0 saturated carbocycles. The number of alkyl halides is 1. The number of rotatable bonds is 2. The summed E-state index contributed by atoms with van der Waals surface area (Å²) >= 11 is 5.85. The van der Waals surface area contributed by atoms with Gasteiger partial charge in [0.2, 0.25) is 0 Å². The number of hydrogen-bond acceptors (Lipinski definition) is 2. The van der Waals surface area contributed by atoms with Crippen LogP contribution in [-0.2, 0) is 9.53 Å². The lowest BCUT2D eigenvalue weighted by Crippen LogP contribution is -2.44. The summed E-state index contributed by atoms with van der Waals surface area (Å²) in [6.07, 6.45) is 5.00. The molecule has 0 bridgehead atoms. The van der Waals surface area contributed by atoms with Crippen molar-refractivity contribution in [2.75, 3.05) is 19.0 Å². The highest BCUT2D eigenvalue weighted by Gasteiger charge is 2.33.